The van der Waals surface area contributed by atoms with E-state index in [0.717, 1.165) is 66.9 Å². The summed E-state index contributed by atoms with van der Waals surface area (Å²) in [6, 6.07) is 96.0. The summed E-state index contributed by atoms with van der Waals surface area (Å²) in [5.41, 5.74) is 20.2. The van der Waals surface area contributed by atoms with Gasteiger partial charge in [0.05, 0.1) is 16.7 Å². The molecule has 2 aromatic heterocycles. The van der Waals surface area contributed by atoms with Crippen LogP contribution in [0.1, 0.15) is 0 Å². The molecule has 0 atom stereocenters. The Morgan fingerprint density at radius 1 is 0.275 bits per heavy atom. The second-order valence-electron chi connectivity index (χ2n) is 17.6. The number of aromatic nitrogens is 1. The lowest BCUT2D eigenvalue weighted by Gasteiger charge is -2.26. The monoisotopic (exact) mass is 880 g/mol. The largest absolute Gasteiger partial charge is 0.455 e. The number of hydrogen-bond donors (Lipinski definition) is 0. The highest BCUT2D eigenvalue weighted by Crippen LogP contribution is 2.42. The zero-order chi connectivity index (χ0) is 45.7. The fraction of sp³-hybridized carbons (Fsp3) is 0. The van der Waals surface area contributed by atoms with Crippen LogP contribution in [0.5, 0.6) is 0 Å². The summed E-state index contributed by atoms with van der Waals surface area (Å²) in [4.78, 5) is 2.35. The normalized spacial score (nSPS) is 11.5. The molecule has 0 saturated carbocycles. The smallest absolute Gasteiger partial charge is 0.143 e. The zero-order valence-corrected chi connectivity index (χ0v) is 37.7. The van der Waals surface area contributed by atoms with Gasteiger partial charge in [-0.2, -0.15) is 0 Å². The van der Waals surface area contributed by atoms with Crippen molar-refractivity contribution >= 4 is 60.8 Å². The number of hydrogen-bond acceptors (Lipinski definition) is 2. The molecule has 324 valence electrons. The standard InChI is InChI=1S/C66H44N2O/c1-3-16-46(17-4-1)54-43-36-50(44-61(54)47-18-5-2-6-19-47)45-30-37-51(38-31-45)67(53-41-34-49(35-42-53)56-24-15-25-60-59-23-10-14-29-65(59)69-66(56)60)52-39-32-48(33-40-52)55-20-7-11-26-62(55)68-63-27-12-8-21-57(63)58-22-9-13-28-64(58)68/h1-44H. The SMILES string of the molecule is c1ccc(-c2ccc(-c3ccc(N(c4ccc(-c5ccccc5-n5c6ccccc6c6ccccc65)cc4)c4ccc(-c5cccc6c5oc5ccccc56)cc4)cc3)cc2-c2ccccc2)cc1. The van der Waals surface area contributed by atoms with Crippen molar-refractivity contribution in [3.8, 4) is 61.3 Å². The van der Waals surface area contributed by atoms with Crippen LogP contribution in [0.3, 0.4) is 0 Å². The Morgan fingerprint density at radius 2 is 0.725 bits per heavy atom. The molecule has 13 aromatic rings. The summed E-state index contributed by atoms with van der Waals surface area (Å²) in [7, 11) is 0. The second kappa shape index (κ2) is 16.9. The number of fused-ring (bicyclic) bond motifs is 6. The van der Waals surface area contributed by atoms with Crippen LogP contribution in [0.25, 0.3) is 105 Å². The molecule has 0 aliphatic heterocycles. The lowest BCUT2D eigenvalue weighted by atomic mass is 9.91. The molecule has 0 N–H and O–H groups in total. The Hall–Kier alpha value is -9.18. The van der Waals surface area contributed by atoms with Crippen molar-refractivity contribution in [3.05, 3.63) is 267 Å². The third-order valence-corrected chi connectivity index (χ3v) is 13.7. The Morgan fingerprint density at radius 3 is 1.36 bits per heavy atom. The molecule has 3 heteroatoms. The van der Waals surface area contributed by atoms with Crippen LogP contribution in [0.15, 0.2) is 271 Å². The summed E-state index contributed by atoms with van der Waals surface area (Å²) < 4.78 is 8.88. The Bertz CT molecular complexity index is 3930. The van der Waals surface area contributed by atoms with Gasteiger partial charge in [-0.3, -0.25) is 0 Å². The minimum atomic E-state index is 0.899. The van der Waals surface area contributed by atoms with Crippen molar-refractivity contribution in [2.24, 2.45) is 0 Å². The van der Waals surface area contributed by atoms with Crippen LogP contribution < -0.4 is 4.90 Å². The van der Waals surface area contributed by atoms with Crippen LogP contribution in [0, 0.1) is 0 Å². The highest BCUT2D eigenvalue weighted by atomic mass is 16.3. The van der Waals surface area contributed by atoms with Gasteiger partial charge in [0.25, 0.3) is 0 Å². The molecule has 3 nitrogen and oxygen atoms in total. The maximum atomic E-state index is 6.47. The minimum Gasteiger partial charge on any atom is -0.455 e. The van der Waals surface area contributed by atoms with E-state index in [1.165, 1.54) is 55.2 Å². The van der Waals surface area contributed by atoms with Crippen molar-refractivity contribution in [1.82, 2.24) is 4.57 Å². The Labute approximate surface area is 401 Å². The van der Waals surface area contributed by atoms with Gasteiger partial charge in [0, 0.05) is 49.7 Å². The van der Waals surface area contributed by atoms with Gasteiger partial charge >= 0.3 is 0 Å². The summed E-state index contributed by atoms with van der Waals surface area (Å²) in [6.07, 6.45) is 0. The van der Waals surface area contributed by atoms with Gasteiger partial charge in [0.1, 0.15) is 11.2 Å². The van der Waals surface area contributed by atoms with Gasteiger partial charge in [0.2, 0.25) is 0 Å². The predicted molar refractivity (Wildman–Crippen MR) is 290 cm³/mol. The molecule has 69 heavy (non-hydrogen) atoms. The molecule has 0 saturated heterocycles. The van der Waals surface area contributed by atoms with E-state index in [1.54, 1.807) is 0 Å². The topological polar surface area (TPSA) is 21.3 Å². The second-order valence-corrected chi connectivity index (χ2v) is 17.6. The molecular formula is C66H44N2O. The van der Waals surface area contributed by atoms with Crippen molar-refractivity contribution in [3.63, 3.8) is 0 Å². The molecule has 0 amide bonds. The minimum absolute atomic E-state index is 0.899. The Kier molecular flexibility index (Phi) is 9.84. The zero-order valence-electron chi connectivity index (χ0n) is 37.7. The van der Waals surface area contributed by atoms with Crippen LogP contribution in [-0.2, 0) is 0 Å². The maximum absolute atomic E-state index is 6.47. The number of para-hydroxylation sites is 5. The van der Waals surface area contributed by atoms with Crippen LogP contribution in [0.2, 0.25) is 0 Å². The maximum Gasteiger partial charge on any atom is 0.143 e. The van der Waals surface area contributed by atoms with E-state index in [2.05, 4.69) is 264 Å². The fourth-order valence-electron chi connectivity index (χ4n) is 10.3. The van der Waals surface area contributed by atoms with Crippen LogP contribution >= 0.6 is 0 Å². The van der Waals surface area contributed by atoms with Gasteiger partial charge in [-0.05, 0) is 111 Å². The average molecular weight is 881 g/mol. The van der Waals surface area contributed by atoms with E-state index in [4.69, 9.17) is 4.42 Å². The van der Waals surface area contributed by atoms with E-state index >= 15 is 0 Å². The molecule has 0 unspecified atom stereocenters. The first kappa shape index (κ1) is 40.1. The highest BCUT2D eigenvalue weighted by Gasteiger charge is 2.19. The van der Waals surface area contributed by atoms with Gasteiger partial charge in [0.15, 0.2) is 0 Å². The van der Waals surface area contributed by atoms with E-state index in [9.17, 15) is 0 Å². The van der Waals surface area contributed by atoms with Crippen LogP contribution in [-0.4, -0.2) is 4.57 Å². The quantitative estimate of drug-likeness (QED) is 0.144. The summed E-state index contributed by atoms with van der Waals surface area (Å²) >= 11 is 0. The third kappa shape index (κ3) is 7.08. The van der Waals surface area contributed by atoms with Crippen molar-refractivity contribution in [1.29, 1.82) is 0 Å². The average Bonchev–Trinajstić information content (AvgIpc) is 3.98. The fourth-order valence-corrected chi connectivity index (χ4v) is 10.3. The Balaban J connectivity index is 0.904. The van der Waals surface area contributed by atoms with Crippen molar-refractivity contribution in [2.75, 3.05) is 4.90 Å². The molecular weight excluding hydrogens is 837 g/mol. The van der Waals surface area contributed by atoms with E-state index in [0.29, 0.717) is 0 Å². The molecule has 0 fully saturated rings. The molecule has 11 aromatic carbocycles. The van der Waals surface area contributed by atoms with Crippen molar-refractivity contribution < 1.29 is 4.42 Å². The molecule has 0 bridgehead atoms. The molecule has 0 radical (unpaired) electrons. The van der Waals surface area contributed by atoms with E-state index in [1.807, 2.05) is 12.1 Å². The van der Waals surface area contributed by atoms with E-state index in [-0.39, 0.29) is 0 Å². The molecule has 13 rings (SSSR count). The van der Waals surface area contributed by atoms with Gasteiger partial charge in [-0.1, -0.05) is 200 Å². The van der Waals surface area contributed by atoms with Gasteiger partial charge < -0.3 is 13.9 Å². The number of benzene rings is 11. The summed E-state index contributed by atoms with van der Waals surface area (Å²) in [6.45, 7) is 0. The summed E-state index contributed by atoms with van der Waals surface area (Å²) in [5, 5.41) is 4.76. The highest BCUT2D eigenvalue weighted by molar-refractivity contribution is 6.11. The number of nitrogens with zero attached hydrogens (tertiary/aromatic N) is 2. The third-order valence-electron chi connectivity index (χ3n) is 13.7. The summed E-state index contributed by atoms with van der Waals surface area (Å²) in [5.74, 6) is 0. The first-order valence-electron chi connectivity index (χ1n) is 23.6. The van der Waals surface area contributed by atoms with Gasteiger partial charge in [-0.25, -0.2) is 0 Å². The molecule has 0 spiro atoms. The lowest BCUT2D eigenvalue weighted by Crippen LogP contribution is -2.09. The molecule has 0 aliphatic rings. The lowest BCUT2D eigenvalue weighted by molar-refractivity contribution is 0.670. The van der Waals surface area contributed by atoms with Gasteiger partial charge in [-0.15, -0.1) is 0 Å². The number of rotatable bonds is 9. The first-order valence-corrected chi connectivity index (χ1v) is 23.6. The number of furan rings is 1. The number of anilines is 3. The first-order chi connectivity index (χ1) is 34.2. The van der Waals surface area contributed by atoms with Crippen molar-refractivity contribution in [2.45, 2.75) is 0 Å². The molecule has 0 aliphatic carbocycles. The van der Waals surface area contributed by atoms with E-state index < -0.39 is 0 Å². The predicted octanol–water partition coefficient (Wildman–Crippen LogP) is 18.5. The molecule has 2 heterocycles. The van der Waals surface area contributed by atoms with Crippen LogP contribution in [0.4, 0.5) is 17.1 Å².